The van der Waals surface area contributed by atoms with Gasteiger partial charge in [0.1, 0.15) is 0 Å². The van der Waals surface area contributed by atoms with Crippen LogP contribution in [0.4, 0.5) is 0 Å². The van der Waals surface area contributed by atoms with Crippen molar-refractivity contribution in [2.75, 3.05) is 13.6 Å². The summed E-state index contributed by atoms with van der Waals surface area (Å²) in [5, 5.41) is 9.14. The Morgan fingerprint density at radius 3 is 2.67 bits per heavy atom. The quantitative estimate of drug-likeness (QED) is 0.693. The number of hydrogen-bond donors (Lipinski definition) is 2. The van der Waals surface area contributed by atoms with Gasteiger partial charge in [0.2, 0.25) is 5.91 Å². The van der Waals surface area contributed by atoms with Crippen LogP contribution in [0.5, 0.6) is 0 Å². The molecule has 1 aliphatic rings. The molecule has 3 N–H and O–H groups in total. The molecule has 4 nitrogen and oxygen atoms in total. The van der Waals surface area contributed by atoms with Gasteiger partial charge < -0.3 is 15.7 Å². The molecule has 1 atom stereocenters. The van der Waals surface area contributed by atoms with Gasteiger partial charge in [0.15, 0.2) is 0 Å². The summed E-state index contributed by atoms with van der Waals surface area (Å²) in [7, 11) is 1.79. The topological polar surface area (TPSA) is 66.6 Å². The first kappa shape index (κ1) is 12.5. The van der Waals surface area contributed by atoms with Crippen LogP contribution in [-0.2, 0) is 4.79 Å². The molecule has 0 aromatic carbocycles. The number of likely N-dealkylation sites (N-methyl/N-ethyl adjacent to an activating group) is 1. The summed E-state index contributed by atoms with van der Waals surface area (Å²) in [6.07, 6.45) is 3.17. The van der Waals surface area contributed by atoms with Crippen LogP contribution in [0.15, 0.2) is 0 Å². The number of hydrogen-bond acceptors (Lipinski definition) is 3. The molecule has 1 amide bonds. The van der Waals surface area contributed by atoms with E-state index < -0.39 is 0 Å². The summed E-state index contributed by atoms with van der Waals surface area (Å²) in [6.45, 7) is 2.75. The molecule has 0 spiro atoms. The van der Waals surface area contributed by atoms with Gasteiger partial charge in [-0.1, -0.05) is 13.3 Å². The normalized spacial score (nSPS) is 26.9. The van der Waals surface area contributed by atoms with Crippen LogP contribution in [0.3, 0.4) is 0 Å². The standard InChI is InChI=1S/C11H22N2O2/c1-3-4-10(12)11(15)13(2)7-8-5-9(14)6-8/h8-10,14H,3-7,12H2,1-2H3/t8?,9?,10-/m0/s1. The van der Waals surface area contributed by atoms with E-state index in [1.54, 1.807) is 11.9 Å². The van der Waals surface area contributed by atoms with Gasteiger partial charge in [-0.05, 0) is 25.2 Å². The average molecular weight is 214 g/mol. The van der Waals surface area contributed by atoms with E-state index in [1.807, 2.05) is 6.92 Å². The number of aliphatic hydroxyl groups is 1. The van der Waals surface area contributed by atoms with E-state index in [2.05, 4.69) is 0 Å². The summed E-state index contributed by atoms with van der Waals surface area (Å²) < 4.78 is 0. The predicted octanol–water partition coefficient (Wildman–Crippen LogP) is 0.343. The number of carbonyl (C=O) groups excluding carboxylic acids is 1. The monoisotopic (exact) mass is 214 g/mol. The van der Waals surface area contributed by atoms with Crippen molar-refractivity contribution in [3.63, 3.8) is 0 Å². The molecular formula is C11H22N2O2. The minimum atomic E-state index is -0.356. The van der Waals surface area contributed by atoms with Crippen molar-refractivity contribution in [3.8, 4) is 0 Å². The Hall–Kier alpha value is -0.610. The molecule has 0 saturated heterocycles. The summed E-state index contributed by atoms with van der Waals surface area (Å²) in [6, 6.07) is -0.356. The number of carbonyl (C=O) groups is 1. The highest BCUT2D eigenvalue weighted by molar-refractivity contribution is 5.81. The minimum absolute atomic E-state index is 0.0261. The molecule has 0 unspecified atom stereocenters. The van der Waals surface area contributed by atoms with Crippen LogP contribution >= 0.6 is 0 Å². The zero-order valence-electron chi connectivity index (χ0n) is 9.65. The average Bonchev–Trinajstić information content (AvgIpc) is 2.14. The van der Waals surface area contributed by atoms with Crippen molar-refractivity contribution >= 4 is 5.91 Å². The molecule has 1 rings (SSSR count). The largest absolute Gasteiger partial charge is 0.393 e. The first-order valence-electron chi connectivity index (χ1n) is 5.73. The van der Waals surface area contributed by atoms with Crippen molar-refractivity contribution in [1.29, 1.82) is 0 Å². The van der Waals surface area contributed by atoms with Crippen LogP contribution in [0.1, 0.15) is 32.6 Å². The maximum absolute atomic E-state index is 11.7. The summed E-state index contributed by atoms with van der Waals surface area (Å²) in [5.41, 5.74) is 5.75. The van der Waals surface area contributed by atoms with Crippen LogP contribution in [0.2, 0.25) is 0 Å². The van der Waals surface area contributed by atoms with Gasteiger partial charge in [-0.3, -0.25) is 4.79 Å². The molecular weight excluding hydrogens is 192 g/mol. The number of amides is 1. The van der Waals surface area contributed by atoms with Gasteiger partial charge in [0.05, 0.1) is 12.1 Å². The lowest BCUT2D eigenvalue weighted by atomic mass is 9.82. The van der Waals surface area contributed by atoms with Crippen molar-refractivity contribution in [3.05, 3.63) is 0 Å². The number of aliphatic hydroxyl groups excluding tert-OH is 1. The SMILES string of the molecule is CCC[C@H](N)C(=O)N(C)CC1CC(O)C1. The summed E-state index contributed by atoms with van der Waals surface area (Å²) in [4.78, 5) is 13.4. The van der Waals surface area contributed by atoms with E-state index in [4.69, 9.17) is 10.8 Å². The van der Waals surface area contributed by atoms with E-state index in [1.165, 1.54) is 0 Å². The minimum Gasteiger partial charge on any atom is -0.393 e. The van der Waals surface area contributed by atoms with Gasteiger partial charge in [0, 0.05) is 13.6 Å². The summed E-state index contributed by atoms with van der Waals surface area (Å²) in [5.74, 6) is 0.487. The molecule has 88 valence electrons. The van der Waals surface area contributed by atoms with Gasteiger partial charge in [-0.2, -0.15) is 0 Å². The zero-order valence-corrected chi connectivity index (χ0v) is 9.65. The number of nitrogens with zero attached hydrogens (tertiary/aromatic N) is 1. The number of nitrogens with two attached hydrogens (primary N) is 1. The first-order chi connectivity index (χ1) is 7.04. The van der Waals surface area contributed by atoms with Crippen LogP contribution in [-0.4, -0.2) is 41.7 Å². The third-order valence-corrected chi connectivity index (χ3v) is 3.04. The lowest BCUT2D eigenvalue weighted by Crippen LogP contribution is -2.46. The molecule has 1 aliphatic carbocycles. The molecule has 0 aromatic rings. The maximum Gasteiger partial charge on any atom is 0.239 e. The molecule has 0 heterocycles. The second-order valence-corrected chi connectivity index (χ2v) is 4.61. The first-order valence-corrected chi connectivity index (χ1v) is 5.73. The zero-order chi connectivity index (χ0) is 11.4. The lowest BCUT2D eigenvalue weighted by molar-refractivity contribution is -0.133. The number of rotatable bonds is 5. The van der Waals surface area contributed by atoms with Crippen LogP contribution in [0.25, 0.3) is 0 Å². The predicted molar refractivity (Wildman–Crippen MR) is 59.3 cm³/mol. The molecule has 1 fully saturated rings. The van der Waals surface area contributed by atoms with Crippen molar-refractivity contribution < 1.29 is 9.90 Å². The van der Waals surface area contributed by atoms with Gasteiger partial charge >= 0.3 is 0 Å². The Balaban J connectivity index is 2.26. The van der Waals surface area contributed by atoms with Crippen LogP contribution < -0.4 is 5.73 Å². The molecule has 0 aromatic heterocycles. The van der Waals surface area contributed by atoms with Gasteiger partial charge in [-0.25, -0.2) is 0 Å². The Labute approximate surface area is 91.4 Å². The van der Waals surface area contributed by atoms with E-state index >= 15 is 0 Å². The molecule has 0 aliphatic heterocycles. The highest BCUT2D eigenvalue weighted by atomic mass is 16.3. The lowest BCUT2D eigenvalue weighted by Gasteiger charge is -2.35. The fourth-order valence-electron chi connectivity index (χ4n) is 2.04. The van der Waals surface area contributed by atoms with Gasteiger partial charge in [0.25, 0.3) is 0 Å². The van der Waals surface area contributed by atoms with Crippen molar-refractivity contribution in [2.45, 2.75) is 44.8 Å². The maximum atomic E-state index is 11.7. The molecule has 0 radical (unpaired) electrons. The van der Waals surface area contributed by atoms with E-state index in [-0.39, 0.29) is 18.1 Å². The molecule has 4 heteroatoms. The summed E-state index contributed by atoms with van der Waals surface area (Å²) >= 11 is 0. The third kappa shape index (κ3) is 3.47. The Kier molecular flexibility index (Phi) is 4.54. The van der Waals surface area contributed by atoms with E-state index in [0.29, 0.717) is 5.92 Å². The Morgan fingerprint density at radius 1 is 1.60 bits per heavy atom. The Bertz CT molecular complexity index is 215. The van der Waals surface area contributed by atoms with Crippen molar-refractivity contribution in [2.24, 2.45) is 11.7 Å². The third-order valence-electron chi connectivity index (χ3n) is 3.04. The highest BCUT2D eigenvalue weighted by Crippen LogP contribution is 2.27. The van der Waals surface area contributed by atoms with E-state index in [0.717, 1.165) is 32.2 Å². The van der Waals surface area contributed by atoms with Crippen molar-refractivity contribution in [1.82, 2.24) is 4.90 Å². The Morgan fingerprint density at radius 2 is 2.20 bits per heavy atom. The van der Waals surface area contributed by atoms with Gasteiger partial charge in [-0.15, -0.1) is 0 Å². The molecule has 1 saturated carbocycles. The highest BCUT2D eigenvalue weighted by Gasteiger charge is 2.29. The smallest absolute Gasteiger partial charge is 0.239 e. The fraction of sp³-hybridized carbons (Fsp3) is 0.909. The second-order valence-electron chi connectivity index (χ2n) is 4.61. The fourth-order valence-corrected chi connectivity index (χ4v) is 2.04. The molecule has 15 heavy (non-hydrogen) atoms. The van der Waals surface area contributed by atoms with Crippen LogP contribution in [0, 0.1) is 5.92 Å². The second kappa shape index (κ2) is 5.47. The molecule has 0 bridgehead atoms. The van der Waals surface area contributed by atoms with E-state index in [9.17, 15) is 4.79 Å².